The maximum Gasteiger partial charge on any atom is 0.264 e. The van der Waals surface area contributed by atoms with Gasteiger partial charge in [-0.15, -0.1) is 0 Å². The van der Waals surface area contributed by atoms with E-state index < -0.39 is 33.5 Å². The van der Waals surface area contributed by atoms with Gasteiger partial charge in [-0.25, -0.2) is 21.6 Å². The van der Waals surface area contributed by atoms with Crippen molar-refractivity contribution in [3.63, 3.8) is 0 Å². The van der Waals surface area contributed by atoms with Crippen molar-refractivity contribution in [1.29, 1.82) is 0 Å². The smallest absolute Gasteiger partial charge is 0.264 e. The molecule has 11 heteroatoms. The van der Waals surface area contributed by atoms with E-state index in [2.05, 4.69) is 9.71 Å². The molecular weight excluding hydrogens is 529 g/mol. The van der Waals surface area contributed by atoms with Crippen molar-refractivity contribution >= 4 is 32.5 Å². The fourth-order valence-electron chi connectivity index (χ4n) is 4.81. The Morgan fingerprint density at radius 2 is 1.56 bits per heavy atom. The lowest BCUT2D eigenvalue weighted by molar-refractivity contribution is 0.0575. The lowest BCUT2D eigenvalue weighted by Crippen LogP contribution is -2.49. The highest BCUT2D eigenvalue weighted by Gasteiger charge is 2.29. The van der Waals surface area contributed by atoms with E-state index in [-0.39, 0.29) is 16.4 Å². The number of sulfonamides is 1. The number of rotatable bonds is 6. The fraction of sp³-hybridized carbons (Fsp3) is 0.214. The first-order valence-corrected chi connectivity index (χ1v) is 13.8. The molecule has 7 nitrogen and oxygen atoms in total. The third kappa shape index (κ3) is 5.45. The van der Waals surface area contributed by atoms with Crippen molar-refractivity contribution < 1.29 is 26.4 Å². The first-order chi connectivity index (χ1) is 18.6. The summed E-state index contributed by atoms with van der Waals surface area (Å²) in [5, 5.41) is 0.698. The molecule has 1 saturated heterocycles. The standard InChI is InChI=1S/C28H25F3N4O3S/c1-18(26-23(30)16-21(29)17-24(26)31)34-12-14-35(15-13-34)28(36)20-7-9-22(10-8-20)33-39(37,38)25-6-2-4-19-5-3-11-32-27(19)25/h2-11,16-18,33H,12-15H2,1H3. The number of halogens is 3. The maximum absolute atomic E-state index is 14.2. The van der Waals surface area contributed by atoms with E-state index in [1.165, 1.54) is 24.4 Å². The minimum atomic E-state index is -3.93. The minimum absolute atomic E-state index is 0.0493. The molecule has 1 amide bonds. The molecule has 1 unspecified atom stereocenters. The van der Waals surface area contributed by atoms with Gasteiger partial charge < -0.3 is 4.90 Å². The predicted molar refractivity (Wildman–Crippen MR) is 141 cm³/mol. The van der Waals surface area contributed by atoms with Crippen molar-refractivity contribution in [3.05, 3.63) is 102 Å². The summed E-state index contributed by atoms with van der Waals surface area (Å²) in [5.74, 6) is -3.09. The third-order valence-corrected chi connectivity index (χ3v) is 8.29. The van der Waals surface area contributed by atoms with Crippen LogP contribution in [0, 0.1) is 17.5 Å². The number of nitrogens with zero attached hydrogens (tertiary/aromatic N) is 3. The number of carbonyl (C=O) groups is 1. The monoisotopic (exact) mass is 554 g/mol. The average Bonchev–Trinajstić information content (AvgIpc) is 2.92. The molecule has 202 valence electrons. The zero-order chi connectivity index (χ0) is 27.7. The van der Waals surface area contributed by atoms with E-state index in [1.54, 1.807) is 48.2 Å². The molecular formula is C28H25F3N4O3S. The summed E-state index contributed by atoms with van der Waals surface area (Å²) in [4.78, 5) is 20.8. The Labute approximate surface area is 223 Å². The Morgan fingerprint density at radius 1 is 0.923 bits per heavy atom. The molecule has 1 fully saturated rings. The minimum Gasteiger partial charge on any atom is -0.336 e. The van der Waals surface area contributed by atoms with Gasteiger partial charge in [0.05, 0.1) is 5.52 Å². The Bertz CT molecular complexity index is 1610. The number of pyridine rings is 1. The highest BCUT2D eigenvalue weighted by molar-refractivity contribution is 7.93. The van der Waals surface area contributed by atoms with Gasteiger partial charge in [0.15, 0.2) is 0 Å². The number of para-hydroxylation sites is 1. The van der Waals surface area contributed by atoms with Crippen LogP contribution in [0.5, 0.6) is 0 Å². The molecule has 0 spiro atoms. The Hall–Kier alpha value is -3.96. The SMILES string of the molecule is CC(c1c(F)cc(F)cc1F)N1CCN(C(=O)c2ccc(NS(=O)(=O)c3cccc4cccnc34)cc2)CC1. The third-order valence-electron chi connectivity index (χ3n) is 6.88. The zero-order valence-electron chi connectivity index (χ0n) is 20.9. The average molecular weight is 555 g/mol. The molecule has 5 rings (SSSR count). The van der Waals surface area contributed by atoms with Gasteiger partial charge in [-0.2, -0.15) is 0 Å². The van der Waals surface area contributed by atoms with Gasteiger partial charge >= 0.3 is 0 Å². The van der Waals surface area contributed by atoms with E-state index >= 15 is 0 Å². The van der Waals surface area contributed by atoms with E-state index in [4.69, 9.17) is 0 Å². The van der Waals surface area contributed by atoms with Crippen LogP contribution in [0.15, 0.2) is 77.8 Å². The molecule has 1 aromatic heterocycles. The number of anilines is 1. The van der Waals surface area contributed by atoms with E-state index in [9.17, 15) is 26.4 Å². The molecule has 4 aromatic rings. The molecule has 39 heavy (non-hydrogen) atoms. The van der Waals surface area contributed by atoms with Crippen LogP contribution in [0.25, 0.3) is 10.9 Å². The van der Waals surface area contributed by atoms with Gasteiger partial charge in [0, 0.05) is 72.8 Å². The molecule has 1 N–H and O–H groups in total. The van der Waals surface area contributed by atoms with Crippen LogP contribution in [0.3, 0.4) is 0 Å². The molecule has 0 aliphatic carbocycles. The normalized spacial score (nSPS) is 15.3. The Balaban J connectivity index is 1.23. The second-order valence-corrected chi connectivity index (χ2v) is 11.0. The van der Waals surface area contributed by atoms with Crippen molar-refractivity contribution in [2.45, 2.75) is 17.9 Å². The number of hydrogen-bond acceptors (Lipinski definition) is 5. The molecule has 0 bridgehead atoms. The van der Waals surface area contributed by atoms with Gasteiger partial charge in [0.1, 0.15) is 22.3 Å². The molecule has 0 saturated carbocycles. The van der Waals surface area contributed by atoms with Gasteiger partial charge in [-0.05, 0) is 43.3 Å². The van der Waals surface area contributed by atoms with Gasteiger partial charge in [0.2, 0.25) is 0 Å². The van der Waals surface area contributed by atoms with Crippen LogP contribution >= 0.6 is 0 Å². The Kier molecular flexibility index (Phi) is 7.28. The van der Waals surface area contributed by atoms with Crippen molar-refractivity contribution in [1.82, 2.24) is 14.8 Å². The number of aromatic nitrogens is 1. The van der Waals surface area contributed by atoms with Crippen molar-refractivity contribution in [2.24, 2.45) is 0 Å². The maximum atomic E-state index is 14.2. The number of amides is 1. The molecule has 1 atom stereocenters. The summed E-state index contributed by atoms with van der Waals surface area (Å²) in [6.45, 7) is 3.05. The summed E-state index contributed by atoms with van der Waals surface area (Å²) in [7, 11) is -3.93. The zero-order valence-corrected chi connectivity index (χ0v) is 21.8. The van der Waals surface area contributed by atoms with Crippen LogP contribution < -0.4 is 4.72 Å². The Morgan fingerprint density at radius 3 is 2.23 bits per heavy atom. The van der Waals surface area contributed by atoms with Crippen molar-refractivity contribution in [2.75, 3.05) is 30.9 Å². The molecule has 2 heterocycles. The number of fused-ring (bicyclic) bond motifs is 1. The number of carbonyl (C=O) groups excluding carboxylic acids is 1. The van der Waals surface area contributed by atoms with E-state index in [0.29, 0.717) is 60.5 Å². The molecule has 1 aliphatic rings. The van der Waals surface area contributed by atoms with Crippen LogP contribution in [-0.2, 0) is 10.0 Å². The van der Waals surface area contributed by atoms with Crippen LogP contribution in [0.4, 0.5) is 18.9 Å². The van der Waals surface area contributed by atoms with Gasteiger partial charge in [0.25, 0.3) is 15.9 Å². The first-order valence-electron chi connectivity index (χ1n) is 12.3. The van der Waals surface area contributed by atoms with Gasteiger partial charge in [-0.3, -0.25) is 19.4 Å². The summed E-state index contributed by atoms with van der Waals surface area (Å²) in [6, 6.07) is 15.2. The molecule has 3 aromatic carbocycles. The fourth-order valence-corrected chi connectivity index (χ4v) is 6.05. The van der Waals surface area contributed by atoms with E-state index in [0.717, 1.165) is 0 Å². The number of piperazine rings is 1. The topological polar surface area (TPSA) is 82.6 Å². The summed E-state index contributed by atoms with van der Waals surface area (Å²) >= 11 is 0. The van der Waals surface area contributed by atoms with Crippen LogP contribution in [-0.4, -0.2) is 55.3 Å². The summed E-state index contributed by atoms with van der Waals surface area (Å²) < 4.78 is 70.3. The molecule has 0 radical (unpaired) electrons. The predicted octanol–water partition coefficient (Wildman–Crippen LogP) is 4.97. The quantitative estimate of drug-likeness (QED) is 0.364. The lowest BCUT2D eigenvalue weighted by atomic mass is 10.0. The van der Waals surface area contributed by atoms with Crippen LogP contribution in [0.1, 0.15) is 28.9 Å². The number of hydrogen-bond donors (Lipinski definition) is 1. The highest BCUT2D eigenvalue weighted by Crippen LogP contribution is 2.28. The van der Waals surface area contributed by atoms with E-state index in [1.807, 2.05) is 4.90 Å². The summed E-state index contributed by atoms with van der Waals surface area (Å²) in [5.41, 5.74) is 0.828. The van der Waals surface area contributed by atoms with Crippen molar-refractivity contribution in [3.8, 4) is 0 Å². The number of nitrogens with one attached hydrogen (secondary N) is 1. The molecule has 1 aliphatic heterocycles. The second kappa shape index (κ2) is 10.7. The second-order valence-electron chi connectivity index (χ2n) is 9.30. The van der Waals surface area contributed by atoms with Crippen LogP contribution in [0.2, 0.25) is 0 Å². The lowest BCUT2D eigenvalue weighted by Gasteiger charge is -2.38. The largest absolute Gasteiger partial charge is 0.336 e. The van der Waals surface area contributed by atoms with Gasteiger partial charge in [-0.1, -0.05) is 18.2 Å². The summed E-state index contributed by atoms with van der Waals surface area (Å²) in [6.07, 6.45) is 1.53. The number of benzene rings is 3. The first kappa shape index (κ1) is 26.6. The highest BCUT2D eigenvalue weighted by atomic mass is 32.2.